The number of nitrogens with one attached hydrogen (secondary N) is 1. The van der Waals surface area contributed by atoms with Crippen molar-refractivity contribution in [1.82, 2.24) is 10.3 Å². The highest BCUT2D eigenvalue weighted by atomic mass is 79.9. The molecular formula is C14H13BrFN3O. The number of nitrogens with zero attached hydrogens (tertiary/aromatic N) is 1. The topological polar surface area (TPSA) is 68.0 Å². The summed E-state index contributed by atoms with van der Waals surface area (Å²) in [5.41, 5.74) is 7.71. The second kappa shape index (κ2) is 6.00. The standard InChI is InChI=1S/C14H13BrFN3O/c1-8-12(5-11(17)7-18-8)14(20)19-6-9-4-10(16)2-3-13(9)15/h2-5,7H,6,17H2,1H3,(H,19,20). The van der Waals surface area contributed by atoms with E-state index in [0.29, 0.717) is 22.5 Å². The number of carbonyl (C=O) groups is 1. The van der Waals surface area contributed by atoms with Gasteiger partial charge in [0, 0.05) is 11.0 Å². The SMILES string of the molecule is Cc1ncc(N)cc1C(=O)NCc1cc(F)ccc1Br. The van der Waals surface area contributed by atoms with Crippen LogP contribution in [0.2, 0.25) is 0 Å². The summed E-state index contributed by atoms with van der Waals surface area (Å²) in [5.74, 6) is -0.641. The minimum Gasteiger partial charge on any atom is -0.397 e. The number of halogens is 2. The highest BCUT2D eigenvalue weighted by molar-refractivity contribution is 9.10. The maximum absolute atomic E-state index is 13.2. The predicted molar refractivity (Wildman–Crippen MR) is 78.7 cm³/mol. The third kappa shape index (κ3) is 3.33. The minimum atomic E-state index is -0.348. The molecule has 1 aromatic heterocycles. The van der Waals surface area contributed by atoms with E-state index >= 15 is 0 Å². The summed E-state index contributed by atoms with van der Waals surface area (Å²) < 4.78 is 13.9. The molecule has 0 spiro atoms. The van der Waals surface area contributed by atoms with Crippen molar-refractivity contribution in [2.24, 2.45) is 0 Å². The van der Waals surface area contributed by atoms with E-state index in [4.69, 9.17) is 5.73 Å². The molecule has 20 heavy (non-hydrogen) atoms. The molecule has 6 heteroatoms. The number of rotatable bonds is 3. The number of hydrogen-bond donors (Lipinski definition) is 2. The van der Waals surface area contributed by atoms with E-state index in [1.807, 2.05) is 0 Å². The third-order valence-corrected chi connectivity index (χ3v) is 3.57. The lowest BCUT2D eigenvalue weighted by Crippen LogP contribution is -2.24. The van der Waals surface area contributed by atoms with E-state index in [1.165, 1.54) is 18.3 Å². The Labute approximate surface area is 124 Å². The van der Waals surface area contributed by atoms with Crippen LogP contribution >= 0.6 is 15.9 Å². The Balaban J connectivity index is 2.12. The van der Waals surface area contributed by atoms with Crippen LogP contribution in [0.1, 0.15) is 21.6 Å². The van der Waals surface area contributed by atoms with Gasteiger partial charge in [-0.3, -0.25) is 9.78 Å². The lowest BCUT2D eigenvalue weighted by atomic mass is 10.1. The largest absolute Gasteiger partial charge is 0.397 e. The zero-order valence-corrected chi connectivity index (χ0v) is 12.4. The normalized spacial score (nSPS) is 10.3. The number of aryl methyl sites for hydroxylation is 1. The van der Waals surface area contributed by atoms with Gasteiger partial charge in [-0.15, -0.1) is 0 Å². The summed E-state index contributed by atoms with van der Waals surface area (Å²) in [6, 6.07) is 5.89. The maximum Gasteiger partial charge on any atom is 0.253 e. The first-order valence-electron chi connectivity index (χ1n) is 5.91. The number of benzene rings is 1. The number of hydrogen-bond acceptors (Lipinski definition) is 3. The summed E-state index contributed by atoms with van der Waals surface area (Å²) in [7, 11) is 0. The molecule has 104 valence electrons. The maximum atomic E-state index is 13.2. The number of nitrogen functional groups attached to an aromatic ring is 1. The van der Waals surface area contributed by atoms with E-state index in [-0.39, 0.29) is 18.3 Å². The molecular weight excluding hydrogens is 325 g/mol. The van der Waals surface area contributed by atoms with Crippen molar-refractivity contribution in [2.75, 3.05) is 5.73 Å². The first kappa shape index (κ1) is 14.5. The number of carbonyl (C=O) groups excluding carboxylic acids is 1. The number of anilines is 1. The molecule has 2 rings (SSSR count). The van der Waals surface area contributed by atoms with Gasteiger partial charge in [-0.25, -0.2) is 4.39 Å². The molecule has 0 fully saturated rings. The first-order valence-corrected chi connectivity index (χ1v) is 6.71. The van der Waals surface area contributed by atoms with Gasteiger partial charge in [-0.1, -0.05) is 15.9 Å². The summed E-state index contributed by atoms with van der Waals surface area (Å²) in [6.45, 7) is 1.94. The van der Waals surface area contributed by atoms with Crippen molar-refractivity contribution < 1.29 is 9.18 Å². The highest BCUT2D eigenvalue weighted by Crippen LogP contribution is 2.18. The van der Waals surface area contributed by atoms with Crippen LogP contribution in [0.25, 0.3) is 0 Å². The fourth-order valence-corrected chi connectivity index (χ4v) is 2.12. The van der Waals surface area contributed by atoms with Gasteiger partial charge in [-0.05, 0) is 36.8 Å². The molecule has 0 bridgehead atoms. The van der Waals surface area contributed by atoms with Crippen LogP contribution in [0.5, 0.6) is 0 Å². The lowest BCUT2D eigenvalue weighted by Gasteiger charge is -2.09. The van der Waals surface area contributed by atoms with Crippen LogP contribution in [0.3, 0.4) is 0 Å². The van der Waals surface area contributed by atoms with Gasteiger partial charge in [0.2, 0.25) is 0 Å². The van der Waals surface area contributed by atoms with Gasteiger partial charge in [0.05, 0.1) is 23.1 Å². The molecule has 0 aliphatic carbocycles. The molecule has 0 radical (unpaired) electrons. The lowest BCUT2D eigenvalue weighted by molar-refractivity contribution is 0.0950. The number of pyridine rings is 1. The van der Waals surface area contributed by atoms with Gasteiger partial charge in [0.1, 0.15) is 5.82 Å². The molecule has 0 saturated heterocycles. The minimum absolute atomic E-state index is 0.214. The van der Waals surface area contributed by atoms with E-state index in [0.717, 1.165) is 4.47 Å². The smallest absolute Gasteiger partial charge is 0.253 e. The van der Waals surface area contributed by atoms with Gasteiger partial charge in [-0.2, -0.15) is 0 Å². The fourth-order valence-electron chi connectivity index (χ4n) is 1.73. The molecule has 0 saturated carbocycles. The summed E-state index contributed by atoms with van der Waals surface area (Å²) >= 11 is 3.31. The molecule has 0 atom stereocenters. The van der Waals surface area contributed by atoms with Crippen LogP contribution in [0.4, 0.5) is 10.1 Å². The fraction of sp³-hybridized carbons (Fsp3) is 0.143. The Hall–Kier alpha value is -1.95. The summed E-state index contributed by atoms with van der Waals surface area (Å²) in [5, 5.41) is 2.72. The van der Waals surface area contributed by atoms with Crippen molar-refractivity contribution in [3.05, 3.63) is 57.6 Å². The Kier molecular flexibility index (Phi) is 4.34. The van der Waals surface area contributed by atoms with Gasteiger partial charge < -0.3 is 11.1 Å². The number of aromatic nitrogens is 1. The Morgan fingerprint density at radius 2 is 2.20 bits per heavy atom. The predicted octanol–water partition coefficient (Wildman–Crippen LogP) is 2.80. The van der Waals surface area contributed by atoms with Crippen molar-refractivity contribution in [3.63, 3.8) is 0 Å². The van der Waals surface area contributed by atoms with Crippen molar-refractivity contribution in [2.45, 2.75) is 13.5 Å². The average Bonchev–Trinajstić information content (AvgIpc) is 2.42. The molecule has 4 nitrogen and oxygen atoms in total. The highest BCUT2D eigenvalue weighted by Gasteiger charge is 2.11. The number of nitrogens with two attached hydrogens (primary N) is 1. The zero-order chi connectivity index (χ0) is 14.7. The van der Waals surface area contributed by atoms with Crippen LogP contribution in [-0.2, 0) is 6.54 Å². The Morgan fingerprint density at radius 1 is 1.45 bits per heavy atom. The molecule has 0 unspecified atom stereocenters. The quantitative estimate of drug-likeness (QED) is 0.904. The molecule has 1 amide bonds. The molecule has 3 N–H and O–H groups in total. The van der Waals surface area contributed by atoms with Crippen molar-refractivity contribution in [1.29, 1.82) is 0 Å². The molecule has 0 aliphatic heterocycles. The van der Waals surface area contributed by atoms with Crippen LogP contribution in [0.15, 0.2) is 34.9 Å². The molecule has 1 heterocycles. The average molecular weight is 338 g/mol. The van der Waals surface area contributed by atoms with E-state index in [2.05, 4.69) is 26.2 Å². The van der Waals surface area contributed by atoms with Gasteiger partial charge in [0.25, 0.3) is 5.91 Å². The van der Waals surface area contributed by atoms with Gasteiger partial charge in [0.15, 0.2) is 0 Å². The van der Waals surface area contributed by atoms with E-state index in [9.17, 15) is 9.18 Å². The molecule has 1 aromatic carbocycles. The van der Waals surface area contributed by atoms with Crippen LogP contribution < -0.4 is 11.1 Å². The van der Waals surface area contributed by atoms with Crippen LogP contribution in [0, 0.1) is 12.7 Å². The van der Waals surface area contributed by atoms with Gasteiger partial charge >= 0.3 is 0 Å². The third-order valence-electron chi connectivity index (χ3n) is 2.80. The molecule has 2 aromatic rings. The molecule has 0 aliphatic rings. The van der Waals surface area contributed by atoms with E-state index in [1.54, 1.807) is 19.1 Å². The monoisotopic (exact) mass is 337 g/mol. The van der Waals surface area contributed by atoms with Crippen molar-refractivity contribution in [3.8, 4) is 0 Å². The Bertz CT molecular complexity index is 661. The van der Waals surface area contributed by atoms with Crippen LogP contribution in [-0.4, -0.2) is 10.9 Å². The first-order chi connectivity index (χ1) is 9.47. The summed E-state index contributed by atoms with van der Waals surface area (Å²) in [6.07, 6.45) is 1.50. The van der Waals surface area contributed by atoms with E-state index < -0.39 is 0 Å². The van der Waals surface area contributed by atoms with Crippen molar-refractivity contribution >= 4 is 27.5 Å². The summed E-state index contributed by atoms with van der Waals surface area (Å²) in [4.78, 5) is 16.1. The number of amides is 1. The zero-order valence-electron chi connectivity index (χ0n) is 10.8. The Morgan fingerprint density at radius 3 is 2.95 bits per heavy atom. The second-order valence-electron chi connectivity index (χ2n) is 4.32. The second-order valence-corrected chi connectivity index (χ2v) is 5.17.